The van der Waals surface area contributed by atoms with E-state index in [1.54, 1.807) is 4.90 Å². The molecule has 144 valence electrons. The van der Waals surface area contributed by atoms with Gasteiger partial charge in [-0.25, -0.2) is 4.79 Å². The number of ether oxygens (including phenoxy) is 1. The minimum atomic E-state index is -1.09. The number of nitrogens with zero attached hydrogens (tertiary/aromatic N) is 1. The molecule has 25 heavy (non-hydrogen) atoms. The summed E-state index contributed by atoms with van der Waals surface area (Å²) in [6.07, 6.45) is -1.00. The number of halogens is 3. The summed E-state index contributed by atoms with van der Waals surface area (Å²) in [5.74, 6) is -0.891. The van der Waals surface area contributed by atoms with E-state index in [0.717, 1.165) is 0 Å². The molecule has 1 aromatic rings. The van der Waals surface area contributed by atoms with E-state index in [4.69, 9.17) is 60.0 Å². The number of aliphatic hydroxyl groups is 3. The molecule has 4 N–H and O–H groups in total. The van der Waals surface area contributed by atoms with Gasteiger partial charge in [-0.15, -0.1) is 0 Å². The van der Waals surface area contributed by atoms with Crippen LogP contribution in [0.15, 0.2) is 12.1 Å². The Morgan fingerprint density at radius 3 is 1.84 bits per heavy atom. The third-order valence-electron chi connectivity index (χ3n) is 2.88. The number of aliphatic hydroxyl groups excluding tert-OH is 3. The van der Waals surface area contributed by atoms with Gasteiger partial charge in [0, 0.05) is 25.7 Å². The van der Waals surface area contributed by atoms with Crippen molar-refractivity contribution < 1.29 is 30.0 Å². The standard InChI is InChI=1S/C9H7Cl3O3.C6H15NO3/c1-4(9(13)14)15-8-3-6(11)5(10)2-7(8)12;8-4-1-7(2-5-9)3-6-10/h2-4H,1H3,(H,13,14);8-10H,1-6H2. The van der Waals surface area contributed by atoms with Crippen molar-refractivity contribution in [3.05, 3.63) is 27.2 Å². The van der Waals surface area contributed by atoms with E-state index in [1.165, 1.54) is 19.1 Å². The molecule has 1 aromatic carbocycles. The van der Waals surface area contributed by atoms with Gasteiger partial charge in [0.05, 0.1) is 34.9 Å². The second kappa shape index (κ2) is 13.4. The maximum Gasteiger partial charge on any atom is 0.344 e. The molecular weight excluding hydrogens is 397 g/mol. The molecule has 0 bridgehead atoms. The maximum atomic E-state index is 10.5. The Hall–Kier alpha value is -0.800. The highest BCUT2D eigenvalue weighted by molar-refractivity contribution is 6.43. The summed E-state index contributed by atoms with van der Waals surface area (Å²) in [7, 11) is 0. The van der Waals surface area contributed by atoms with Crippen molar-refractivity contribution in [2.75, 3.05) is 39.5 Å². The van der Waals surface area contributed by atoms with Crippen molar-refractivity contribution in [1.82, 2.24) is 4.90 Å². The quantitative estimate of drug-likeness (QED) is 0.452. The van der Waals surface area contributed by atoms with Gasteiger partial charge in [-0.1, -0.05) is 34.8 Å². The van der Waals surface area contributed by atoms with Gasteiger partial charge in [0.2, 0.25) is 0 Å². The Labute approximate surface area is 161 Å². The second-order valence-corrected chi connectivity index (χ2v) is 6.03. The maximum absolute atomic E-state index is 10.5. The SMILES string of the molecule is CC(Oc1cc(Cl)c(Cl)cc1Cl)C(=O)O.OCCN(CCO)CCO. The van der Waals surface area contributed by atoms with Crippen LogP contribution in [0, 0.1) is 0 Å². The van der Waals surface area contributed by atoms with Crippen molar-refractivity contribution in [2.45, 2.75) is 13.0 Å². The molecule has 10 heteroatoms. The third-order valence-corrected chi connectivity index (χ3v) is 3.89. The van der Waals surface area contributed by atoms with Gasteiger partial charge in [0.1, 0.15) is 5.75 Å². The van der Waals surface area contributed by atoms with Crippen LogP contribution in [0.3, 0.4) is 0 Å². The summed E-state index contributed by atoms with van der Waals surface area (Å²) in [5.41, 5.74) is 0. The molecule has 0 amide bonds. The lowest BCUT2D eigenvalue weighted by Crippen LogP contribution is -2.32. The topological polar surface area (TPSA) is 110 Å². The first kappa shape index (κ1) is 24.2. The Morgan fingerprint density at radius 2 is 1.44 bits per heavy atom. The minimum Gasteiger partial charge on any atom is -0.479 e. The number of carboxylic acid groups (broad SMARTS) is 1. The van der Waals surface area contributed by atoms with E-state index < -0.39 is 12.1 Å². The van der Waals surface area contributed by atoms with Gasteiger partial charge in [-0.05, 0) is 13.0 Å². The van der Waals surface area contributed by atoms with Gasteiger partial charge in [-0.3, -0.25) is 4.90 Å². The monoisotopic (exact) mass is 417 g/mol. The second-order valence-electron chi connectivity index (χ2n) is 4.81. The van der Waals surface area contributed by atoms with Crippen LogP contribution in [0.2, 0.25) is 15.1 Å². The molecule has 0 saturated carbocycles. The smallest absolute Gasteiger partial charge is 0.344 e. The molecule has 1 rings (SSSR count). The van der Waals surface area contributed by atoms with Crippen molar-refractivity contribution in [1.29, 1.82) is 0 Å². The van der Waals surface area contributed by atoms with E-state index in [9.17, 15) is 4.79 Å². The van der Waals surface area contributed by atoms with E-state index in [-0.39, 0.29) is 40.6 Å². The summed E-state index contributed by atoms with van der Waals surface area (Å²) in [6, 6.07) is 2.78. The van der Waals surface area contributed by atoms with E-state index in [2.05, 4.69) is 0 Å². The van der Waals surface area contributed by atoms with Gasteiger partial charge in [0.25, 0.3) is 0 Å². The van der Waals surface area contributed by atoms with E-state index in [0.29, 0.717) is 19.6 Å². The normalized spacial score (nSPS) is 11.7. The van der Waals surface area contributed by atoms with Crippen LogP contribution >= 0.6 is 34.8 Å². The molecule has 0 radical (unpaired) electrons. The molecule has 7 nitrogen and oxygen atoms in total. The Morgan fingerprint density at radius 1 is 1.00 bits per heavy atom. The molecule has 0 aliphatic carbocycles. The number of carbonyl (C=O) groups is 1. The number of hydrogen-bond donors (Lipinski definition) is 4. The Kier molecular flexibility index (Phi) is 13.0. The number of carboxylic acids is 1. The first-order valence-electron chi connectivity index (χ1n) is 7.35. The average Bonchev–Trinajstić information content (AvgIpc) is 2.54. The van der Waals surface area contributed by atoms with Gasteiger partial charge < -0.3 is 25.2 Å². The molecular formula is C15H22Cl3NO6. The molecule has 0 aromatic heterocycles. The van der Waals surface area contributed by atoms with Crippen molar-refractivity contribution >= 4 is 40.8 Å². The summed E-state index contributed by atoms with van der Waals surface area (Å²) >= 11 is 17.2. The van der Waals surface area contributed by atoms with Gasteiger partial charge in [0.15, 0.2) is 6.10 Å². The number of benzene rings is 1. The first-order chi connectivity index (χ1) is 11.8. The van der Waals surface area contributed by atoms with E-state index >= 15 is 0 Å². The zero-order chi connectivity index (χ0) is 19.4. The predicted octanol–water partition coefficient (Wildman–Crippen LogP) is 1.76. The molecule has 0 aliphatic rings. The van der Waals surface area contributed by atoms with Crippen LogP contribution in [0.1, 0.15) is 6.92 Å². The molecule has 1 atom stereocenters. The van der Waals surface area contributed by atoms with Crippen LogP contribution < -0.4 is 4.74 Å². The van der Waals surface area contributed by atoms with Gasteiger partial charge >= 0.3 is 5.97 Å². The van der Waals surface area contributed by atoms with Crippen molar-refractivity contribution in [3.63, 3.8) is 0 Å². The molecule has 1 unspecified atom stereocenters. The summed E-state index contributed by atoms with van der Waals surface area (Å²) in [5, 5.41) is 34.9. The molecule has 0 aliphatic heterocycles. The van der Waals surface area contributed by atoms with Crippen molar-refractivity contribution in [3.8, 4) is 5.75 Å². The molecule has 0 fully saturated rings. The molecule has 0 spiro atoms. The highest BCUT2D eigenvalue weighted by Crippen LogP contribution is 2.34. The average molecular weight is 419 g/mol. The van der Waals surface area contributed by atoms with Crippen LogP contribution in [0.4, 0.5) is 0 Å². The Bertz CT molecular complexity index is 518. The van der Waals surface area contributed by atoms with Crippen LogP contribution in [0.5, 0.6) is 5.75 Å². The zero-order valence-corrected chi connectivity index (χ0v) is 15.9. The number of aliphatic carboxylic acids is 1. The minimum absolute atomic E-state index is 0.0694. The van der Waals surface area contributed by atoms with Crippen LogP contribution in [0.25, 0.3) is 0 Å². The lowest BCUT2D eigenvalue weighted by molar-refractivity contribution is -0.144. The third kappa shape index (κ3) is 10.1. The molecule has 0 heterocycles. The van der Waals surface area contributed by atoms with E-state index in [1.807, 2.05) is 0 Å². The summed E-state index contributed by atoms with van der Waals surface area (Å²) in [4.78, 5) is 12.3. The first-order valence-corrected chi connectivity index (χ1v) is 8.49. The lowest BCUT2D eigenvalue weighted by Gasteiger charge is -2.17. The number of hydrogen-bond acceptors (Lipinski definition) is 6. The summed E-state index contributed by atoms with van der Waals surface area (Å²) in [6.45, 7) is 3.14. The predicted molar refractivity (Wildman–Crippen MR) is 96.9 cm³/mol. The molecule has 0 saturated heterocycles. The highest BCUT2D eigenvalue weighted by Gasteiger charge is 2.15. The van der Waals surface area contributed by atoms with Gasteiger partial charge in [-0.2, -0.15) is 0 Å². The fraction of sp³-hybridized carbons (Fsp3) is 0.533. The number of rotatable bonds is 9. The van der Waals surface area contributed by atoms with Crippen LogP contribution in [-0.2, 0) is 4.79 Å². The summed E-state index contributed by atoms with van der Waals surface area (Å²) < 4.78 is 5.07. The van der Waals surface area contributed by atoms with Crippen molar-refractivity contribution in [2.24, 2.45) is 0 Å². The lowest BCUT2D eigenvalue weighted by atomic mass is 10.3. The fourth-order valence-corrected chi connectivity index (χ4v) is 2.18. The fourth-order valence-electron chi connectivity index (χ4n) is 1.60. The largest absolute Gasteiger partial charge is 0.479 e. The van der Waals surface area contributed by atoms with Crippen LogP contribution in [-0.4, -0.2) is 76.9 Å². The zero-order valence-electron chi connectivity index (χ0n) is 13.7. The highest BCUT2D eigenvalue weighted by atomic mass is 35.5. The Balaban J connectivity index is 0.000000504.